The highest BCUT2D eigenvalue weighted by atomic mass is 32.1. The number of para-hydroxylation sites is 3. The van der Waals surface area contributed by atoms with Gasteiger partial charge in [-0.05, 0) is 24.3 Å². The molecule has 0 bridgehead atoms. The van der Waals surface area contributed by atoms with Gasteiger partial charge < -0.3 is 9.73 Å². The number of hydrogen-bond donors (Lipinski definition) is 1. The molecule has 0 atom stereocenters. The Morgan fingerprint density at radius 1 is 1.04 bits per heavy atom. The lowest BCUT2D eigenvalue weighted by Gasteiger charge is -1.99. The van der Waals surface area contributed by atoms with Gasteiger partial charge in [-0.25, -0.2) is 4.79 Å². The number of benzene rings is 2. The van der Waals surface area contributed by atoms with Gasteiger partial charge in [0.15, 0.2) is 5.58 Å². The Kier molecular flexibility index (Phi) is 3.39. The van der Waals surface area contributed by atoms with Crippen molar-refractivity contribution >= 4 is 33.3 Å². The Labute approximate surface area is 135 Å². The first kappa shape index (κ1) is 13.7. The van der Waals surface area contributed by atoms with E-state index in [0.29, 0.717) is 17.3 Å². The van der Waals surface area contributed by atoms with Crippen LogP contribution < -0.4 is 11.1 Å². The molecule has 2 aromatic carbocycles. The van der Waals surface area contributed by atoms with Crippen molar-refractivity contribution in [2.45, 2.75) is 6.54 Å². The number of oxazole rings is 1. The fourth-order valence-electron chi connectivity index (χ4n) is 2.31. The quantitative estimate of drug-likeness (QED) is 0.624. The lowest BCUT2D eigenvalue weighted by Crippen LogP contribution is -2.14. The van der Waals surface area contributed by atoms with E-state index in [0.717, 1.165) is 16.2 Å². The van der Waals surface area contributed by atoms with E-state index in [2.05, 4.69) is 15.5 Å². The molecule has 0 saturated heterocycles. The van der Waals surface area contributed by atoms with Gasteiger partial charge in [-0.1, -0.05) is 41.7 Å². The maximum atomic E-state index is 12.0. The molecule has 0 aliphatic heterocycles. The summed E-state index contributed by atoms with van der Waals surface area (Å²) in [6.45, 7) is 0.337. The van der Waals surface area contributed by atoms with Crippen molar-refractivity contribution in [3.05, 3.63) is 70.2 Å². The number of hydrogen-bond acceptors (Lipinski definition) is 6. The van der Waals surface area contributed by atoms with Gasteiger partial charge in [-0.3, -0.25) is 4.57 Å². The van der Waals surface area contributed by atoms with E-state index in [1.54, 1.807) is 10.6 Å². The predicted molar refractivity (Wildman–Crippen MR) is 89.2 cm³/mol. The standard InChI is InChI=1S/C16H12N4O2S/c21-16-20(12-8-4-5-9-13(12)22-16)10-14-18-19-15(23-14)17-11-6-2-1-3-7-11/h1-9H,10H2,(H,17,19). The Hall–Kier alpha value is -2.93. The Morgan fingerprint density at radius 3 is 2.70 bits per heavy atom. The van der Waals surface area contributed by atoms with Crippen LogP contribution in [0.5, 0.6) is 0 Å². The molecule has 6 nitrogen and oxygen atoms in total. The second-order valence-electron chi connectivity index (χ2n) is 4.91. The maximum absolute atomic E-state index is 12.0. The summed E-state index contributed by atoms with van der Waals surface area (Å²) in [5, 5.41) is 12.9. The molecular formula is C16H12N4O2S. The average molecular weight is 324 g/mol. The molecule has 0 saturated carbocycles. The summed E-state index contributed by atoms with van der Waals surface area (Å²) in [4.78, 5) is 12.0. The molecule has 0 amide bonds. The molecule has 114 valence electrons. The van der Waals surface area contributed by atoms with Gasteiger partial charge in [-0.15, -0.1) is 10.2 Å². The molecule has 7 heteroatoms. The summed E-state index contributed by atoms with van der Waals surface area (Å²) in [6, 6.07) is 17.1. The first-order valence-electron chi connectivity index (χ1n) is 7.02. The van der Waals surface area contributed by atoms with Gasteiger partial charge in [0.1, 0.15) is 5.01 Å². The lowest BCUT2D eigenvalue weighted by molar-refractivity contribution is 0.517. The van der Waals surface area contributed by atoms with Crippen LogP contribution >= 0.6 is 11.3 Å². The Bertz CT molecular complexity index is 1000. The van der Waals surface area contributed by atoms with Crippen molar-refractivity contribution in [1.29, 1.82) is 0 Å². The molecule has 4 aromatic rings. The van der Waals surface area contributed by atoms with E-state index in [1.165, 1.54) is 11.3 Å². The minimum Gasteiger partial charge on any atom is -0.408 e. The summed E-state index contributed by atoms with van der Waals surface area (Å²) in [5.74, 6) is -0.390. The molecule has 0 fully saturated rings. The van der Waals surface area contributed by atoms with Crippen molar-refractivity contribution in [2.24, 2.45) is 0 Å². The van der Waals surface area contributed by atoms with E-state index < -0.39 is 0 Å². The average Bonchev–Trinajstić information content (AvgIpc) is 3.14. The fraction of sp³-hybridized carbons (Fsp3) is 0.0625. The Morgan fingerprint density at radius 2 is 1.83 bits per heavy atom. The second kappa shape index (κ2) is 5.69. The third-order valence-electron chi connectivity index (χ3n) is 3.36. The molecule has 0 aliphatic carbocycles. The highest BCUT2D eigenvalue weighted by Crippen LogP contribution is 2.22. The van der Waals surface area contributed by atoms with Crippen LogP contribution in [0, 0.1) is 0 Å². The minimum absolute atomic E-state index is 0.337. The van der Waals surface area contributed by atoms with E-state index in [1.807, 2.05) is 48.5 Å². The van der Waals surface area contributed by atoms with Crippen LogP contribution in [0.4, 0.5) is 10.8 Å². The van der Waals surface area contributed by atoms with Crippen LogP contribution in [0.2, 0.25) is 0 Å². The zero-order valence-electron chi connectivity index (χ0n) is 12.0. The zero-order chi connectivity index (χ0) is 15.6. The number of nitrogens with zero attached hydrogens (tertiary/aromatic N) is 3. The van der Waals surface area contributed by atoms with Crippen LogP contribution in [-0.2, 0) is 6.54 Å². The van der Waals surface area contributed by atoms with Gasteiger partial charge in [0.25, 0.3) is 0 Å². The number of nitrogens with one attached hydrogen (secondary N) is 1. The van der Waals surface area contributed by atoms with Crippen molar-refractivity contribution < 1.29 is 4.42 Å². The molecule has 0 spiro atoms. The summed E-state index contributed by atoms with van der Waals surface area (Å²) in [7, 11) is 0. The number of rotatable bonds is 4. The number of fused-ring (bicyclic) bond motifs is 1. The molecule has 0 radical (unpaired) electrons. The molecule has 2 aromatic heterocycles. The van der Waals surface area contributed by atoms with E-state index in [9.17, 15) is 4.79 Å². The summed E-state index contributed by atoms with van der Waals surface area (Å²) >= 11 is 1.41. The van der Waals surface area contributed by atoms with Crippen molar-refractivity contribution in [3.63, 3.8) is 0 Å². The third-order valence-corrected chi connectivity index (χ3v) is 4.18. The minimum atomic E-state index is -0.390. The number of aromatic nitrogens is 3. The zero-order valence-corrected chi connectivity index (χ0v) is 12.8. The van der Waals surface area contributed by atoms with Gasteiger partial charge in [0, 0.05) is 5.69 Å². The van der Waals surface area contributed by atoms with Crippen LogP contribution in [0.25, 0.3) is 11.1 Å². The van der Waals surface area contributed by atoms with Crippen molar-refractivity contribution in [2.75, 3.05) is 5.32 Å². The molecule has 4 rings (SSSR count). The van der Waals surface area contributed by atoms with Crippen molar-refractivity contribution in [1.82, 2.24) is 14.8 Å². The maximum Gasteiger partial charge on any atom is 0.420 e. The predicted octanol–water partition coefficient (Wildman–Crippen LogP) is 3.24. The molecule has 0 unspecified atom stereocenters. The SMILES string of the molecule is O=c1oc2ccccc2n1Cc1nnc(Nc2ccccc2)s1. The molecule has 23 heavy (non-hydrogen) atoms. The highest BCUT2D eigenvalue weighted by Gasteiger charge is 2.12. The third kappa shape index (κ3) is 2.74. The van der Waals surface area contributed by atoms with E-state index >= 15 is 0 Å². The van der Waals surface area contributed by atoms with E-state index in [4.69, 9.17) is 4.42 Å². The summed E-state index contributed by atoms with van der Waals surface area (Å²) in [6.07, 6.45) is 0. The first-order chi connectivity index (χ1) is 11.3. The molecule has 1 N–H and O–H groups in total. The molecule has 2 heterocycles. The van der Waals surface area contributed by atoms with E-state index in [-0.39, 0.29) is 5.76 Å². The van der Waals surface area contributed by atoms with Crippen molar-refractivity contribution in [3.8, 4) is 0 Å². The largest absolute Gasteiger partial charge is 0.420 e. The Balaban J connectivity index is 1.60. The topological polar surface area (TPSA) is 73.0 Å². The molecule has 0 aliphatic rings. The first-order valence-corrected chi connectivity index (χ1v) is 7.84. The van der Waals surface area contributed by atoms with Crippen LogP contribution in [0.1, 0.15) is 5.01 Å². The highest BCUT2D eigenvalue weighted by molar-refractivity contribution is 7.15. The second-order valence-corrected chi connectivity index (χ2v) is 5.98. The van der Waals surface area contributed by atoms with Gasteiger partial charge in [-0.2, -0.15) is 0 Å². The normalized spacial score (nSPS) is 11.0. The van der Waals surface area contributed by atoms with Crippen LogP contribution in [0.3, 0.4) is 0 Å². The van der Waals surface area contributed by atoms with Gasteiger partial charge in [0.2, 0.25) is 5.13 Å². The van der Waals surface area contributed by atoms with Gasteiger partial charge in [0.05, 0.1) is 12.1 Å². The smallest absolute Gasteiger partial charge is 0.408 e. The molecular weight excluding hydrogens is 312 g/mol. The van der Waals surface area contributed by atoms with Crippen LogP contribution in [0.15, 0.2) is 63.8 Å². The summed E-state index contributed by atoms with van der Waals surface area (Å²) in [5.41, 5.74) is 2.27. The summed E-state index contributed by atoms with van der Waals surface area (Å²) < 4.78 is 6.78. The fourth-order valence-corrected chi connectivity index (χ4v) is 3.06. The van der Waals surface area contributed by atoms with Gasteiger partial charge >= 0.3 is 5.76 Å². The number of anilines is 2. The van der Waals surface area contributed by atoms with Crippen LogP contribution in [-0.4, -0.2) is 14.8 Å². The lowest BCUT2D eigenvalue weighted by atomic mass is 10.3. The monoisotopic (exact) mass is 324 g/mol.